The second-order valence-corrected chi connectivity index (χ2v) is 5.72. The van der Waals surface area contributed by atoms with Crippen molar-refractivity contribution < 1.29 is 9.53 Å². The smallest absolute Gasteiger partial charge is 0.239 e. The lowest BCUT2D eigenvalue weighted by Crippen LogP contribution is -2.45. The molecule has 2 aliphatic rings. The fourth-order valence-electron chi connectivity index (χ4n) is 2.91. The van der Waals surface area contributed by atoms with Crippen LogP contribution in [0.5, 0.6) is 0 Å². The van der Waals surface area contributed by atoms with Crippen LogP contribution in [0.1, 0.15) is 26.2 Å². The van der Waals surface area contributed by atoms with Crippen LogP contribution in [-0.2, 0) is 9.53 Å². The molecule has 0 aromatic rings. The van der Waals surface area contributed by atoms with Crippen molar-refractivity contribution in [1.29, 1.82) is 0 Å². The van der Waals surface area contributed by atoms with E-state index in [2.05, 4.69) is 20.5 Å². The Bertz CT molecular complexity index is 370. The molecule has 2 aliphatic heterocycles. The van der Waals surface area contributed by atoms with Gasteiger partial charge in [-0.2, -0.15) is 0 Å². The zero-order valence-corrected chi connectivity index (χ0v) is 15.3. The van der Waals surface area contributed by atoms with Crippen LogP contribution in [0, 0.1) is 5.41 Å². The lowest BCUT2D eigenvalue weighted by molar-refractivity contribution is -0.120. The number of likely N-dealkylation sites (tertiary alicyclic amines) is 1. The third kappa shape index (κ3) is 4.98. The summed E-state index contributed by atoms with van der Waals surface area (Å²) in [5, 5.41) is 6.01. The molecule has 0 saturated carbocycles. The van der Waals surface area contributed by atoms with Crippen molar-refractivity contribution in [2.24, 2.45) is 10.4 Å². The van der Waals surface area contributed by atoms with E-state index in [0.29, 0.717) is 5.41 Å². The number of rotatable bonds is 4. The van der Waals surface area contributed by atoms with Crippen LogP contribution < -0.4 is 10.6 Å². The fraction of sp³-hybridized carbons (Fsp3) is 0.857. The molecule has 122 valence electrons. The fourth-order valence-corrected chi connectivity index (χ4v) is 2.91. The first-order valence-corrected chi connectivity index (χ1v) is 7.49. The first-order valence-electron chi connectivity index (χ1n) is 7.49. The molecule has 2 rings (SSSR count). The standard InChI is InChI=1S/C14H26N4O2.HI/c1-3-6-16-12(19)9-17-13(15-2)18-7-4-14(10-18)5-8-20-11-14;/h3-11H2,1-2H3,(H,15,17)(H,16,19);1H. The monoisotopic (exact) mass is 410 g/mol. The number of amides is 1. The Hall–Kier alpha value is -0.570. The Morgan fingerprint density at radius 1 is 1.38 bits per heavy atom. The number of carbonyl (C=O) groups excluding carboxylic acids is 1. The number of hydrogen-bond donors (Lipinski definition) is 2. The summed E-state index contributed by atoms with van der Waals surface area (Å²) in [4.78, 5) is 18.1. The Balaban J connectivity index is 0.00000220. The summed E-state index contributed by atoms with van der Waals surface area (Å²) in [7, 11) is 1.77. The van der Waals surface area contributed by atoms with Crippen molar-refractivity contribution in [2.45, 2.75) is 26.2 Å². The predicted molar refractivity (Wildman–Crippen MR) is 94.1 cm³/mol. The molecule has 2 saturated heterocycles. The Labute approximate surface area is 144 Å². The Kier molecular flexibility index (Phi) is 7.72. The molecule has 0 radical (unpaired) electrons. The van der Waals surface area contributed by atoms with Gasteiger partial charge in [0.2, 0.25) is 5.91 Å². The minimum atomic E-state index is 0. The van der Waals surface area contributed by atoms with Gasteiger partial charge in [0.25, 0.3) is 0 Å². The minimum Gasteiger partial charge on any atom is -0.381 e. The molecular weight excluding hydrogens is 383 g/mol. The molecule has 2 fully saturated rings. The maximum Gasteiger partial charge on any atom is 0.239 e. The molecule has 2 N–H and O–H groups in total. The number of carbonyl (C=O) groups is 1. The van der Waals surface area contributed by atoms with E-state index < -0.39 is 0 Å². The van der Waals surface area contributed by atoms with E-state index in [1.807, 2.05) is 6.92 Å². The number of hydrogen-bond acceptors (Lipinski definition) is 3. The highest BCUT2D eigenvalue weighted by Gasteiger charge is 2.42. The molecule has 1 atom stereocenters. The summed E-state index contributed by atoms with van der Waals surface area (Å²) in [6.45, 7) is 6.75. The second-order valence-electron chi connectivity index (χ2n) is 5.72. The van der Waals surface area contributed by atoms with Crippen LogP contribution >= 0.6 is 24.0 Å². The normalized spacial score (nSPS) is 25.0. The van der Waals surface area contributed by atoms with Crippen molar-refractivity contribution in [3.8, 4) is 0 Å². The topological polar surface area (TPSA) is 66.0 Å². The van der Waals surface area contributed by atoms with E-state index in [4.69, 9.17) is 4.74 Å². The van der Waals surface area contributed by atoms with Crippen LogP contribution in [0.25, 0.3) is 0 Å². The van der Waals surface area contributed by atoms with E-state index in [0.717, 1.165) is 58.1 Å². The van der Waals surface area contributed by atoms with Crippen LogP contribution in [0.3, 0.4) is 0 Å². The molecule has 7 heteroatoms. The van der Waals surface area contributed by atoms with Crippen molar-refractivity contribution >= 4 is 35.8 Å². The molecular formula is C14H27IN4O2. The highest BCUT2D eigenvalue weighted by Crippen LogP contribution is 2.37. The van der Waals surface area contributed by atoms with Crippen LogP contribution in [0.4, 0.5) is 0 Å². The van der Waals surface area contributed by atoms with Crippen molar-refractivity contribution in [2.75, 3.05) is 46.4 Å². The lowest BCUT2D eigenvalue weighted by atomic mass is 9.87. The number of nitrogens with one attached hydrogen (secondary N) is 2. The van der Waals surface area contributed by atoms with Gasteiger partial charge in [0.15, 0.2) is 5.96 Å². The molecule has 0 aromatic carbocycles. The molecule has 0 aromatic heterocycles. The quantitative estimate of drug-likeness (QED) is 0.409. The zero-order chi connectivity index (χ0) is 14.4. The Morgan fingerprint density at radius 3 is 2.81 bits per heavy atom. The van der Waals surface area contributed by atoms with Gasteiger partial charge in [0, 0.05) is 38.7 Å². The van der Waals surface area contributed by atoms with Gasteiger partial charge in [-0.1, -0.05) is 6.92 Å². The number of aliphatic imine (C=N–C) groups is 1. The SMILES string of the molecule is CCCNC(=O)CNC(=NC)N1CCC2(CCOC2)C1.I. The summed E-state index contributed by atoms with van der Waals surface area (Å²) in [5.41, 5.74) is 0.308. The molecule has 1 spiro atoms. The molecule has 1 amide bonds. The number of halogens is 1. The summed E-state index contributed by atoms with van der Waals surface area (Å²) >= 11 is 0. The molecule has 21 heavy (non-hydrogen) atoms. The highest BCUT2D eigenvalue weighted by atomic mass is 127. The van der Waals surface area contributed by atoms with Crippen molar-refractivity contribution in [3.63, 3.8) is 0 Å². The van der Waals surface area contributed by atoms with Gasteiger partial charge in [-0.05, 0) is 19.3 Å². The first-order chi connectivity index (χ1) is 9.69. The average molecular weight is 410 g/mol. The van der Waals surface area contributed by atoms with Gasteiger partial charge in [0.1, 0.15) is 0 Å². The van der Waals surface area contributed by atoms with E-state index in [9.17, 15) is 4.79 Å². The minimum absolute atomic E-state index is 0. The third-order valence-corrected chi connectivity index (χ3v) is 4.11. The molecule has 6 nitrogen and oxygen atoms in total. The van der Waals surface area contributed by atoms with Crippen LogP contribution in [0.15, 0.2) is 4.99 Å². The molecule has 0 bridgehead atoms. The zero-order valence-electron chi connectivity index (χ0n) is 13.0. The van der Waals surface area contributed by atoms with Crippen LogP contribution in [-0.4, -0.2) is 63.2 Å². The van der Waals surface area contributed by atoms with E-state index in [1.54, 1.807) is 7.05 Å². The third-order valence-electron chi connectivity index (χ3n) is 4.11. The Morgan fingerprint density at radius 2 is 2.19 bits per heavy atom. The summed E-state index contributed by atoms with van der Waals surface area (Å²) < 4.78 is 5.54. The molecule has 1 unspecified atom stereocenters. The summed E-state index contributed by atoms with van der Waals surface area (Å²) in [5.74, 6) is 0.839. The summed E-state index contributed by atoms with van der Waals surface area (Å²) in [6.07, 6.45) is 3.24. The van der Waals surface area contributed by atoms with Crippen molar-refractivity contribution in [3.05, 3.63) is 0 Å². The largest absolute Gasteiger partial charge is 0.381 e. The maximum absolute atomic E-state index is 11.6. The van der Waals surface area contributed by atoms with Gasteiger partial charge in [-0.15, -0.1) is 24.0 Å². The van der Waals surface area contributed by atoms with Gasteiger partial charge in [0.05, 0.1) is 13.2 Å². The highest BCUT2D eigenvalue weighted by molar-refractivity contribution is 14.0. The first kappa shape index (κ1) is 18.5. The van der Waals surface area contributed by atoms with Gasteiger partial charge < -0.3 is 20.3 Å². The predicted octanol–water partition coefficient (Wildman–Crippen LogP) is 0.818. The lowest BCUT2D eigenvalue weighted by Gasteiger charge is -2.24. The van der Waals surface area contributed by atoms with Gasteiger partial charge in [-0.25, -0.2) is 0 Å². The molecule has 0 aliphatic carbocycles. The van der Waals surface area contributed by atoms with E-state index in [-0.39, 0.29) is 36.4 Å². The van der Waals surface area contributed by atoms with Crippen molar-refractivity contribution in [1.82, 2.24) is 15.5 Å². The number of ether oxygens (including phenoxy) is 1. The maximum atomic E-state index is 11.6. The van der Waals surface area contributed by atoms with Gasteiger partial charge in [-0.3, -0.25) is 9.79 Å². The molecule has 2 heterocycles. The van der Waals surface area contributed by atoms with E-state index in [1.165, 1.54) is 0 Å². The van der Waals surface area contributed by atoms with Crippen LogP contribution in [0.2, 0.25) is 0 Å². The average Bonchev–Trinajstić information content (AvgIpc) is 3.08. The number of guanidine groups is 1. The second kappa shape index (κ2) is 8.77. The van der Waals surface area contributed by atoms with E-state index >= 15 is 0 Å². The van der Waals surface area contributed by atoms with Gasteiger partial charge >= 0.3 is 0 Å². The summed E-state index contributed by atoms with van der Waals surface area (Å²) in [6, 6.07) is 0. The number of nitrogens with zero attached hydrogens (tertiary/aromatic N) is 2.